The second-order valence-corrected chi connectivity index (χ2v) is 2.71. The number of hydrogen-bond donors (Lipinski definition) is 2. The van der Waals surface area contributed by atoms with Gasteiger partial charge in [-0.15, -0.1) is 0 Å². The fourth-order valence-corrected chi connectivity index (χ4v) is 0.702. The molecule has 4 nitrogen and oxygen atoms in total. The Hall–Kier alpha value is -1.72. The van der Waals surface area contributed by atoms with E-state index in [9.17, 15) is 18.4 Å². The van der Waals surface area contributed by atoms with Gasteiger partial charge in [-0.3, -0.25) is 4.79 Å². The fourth-order valence-electron chi connectivity index (χ4n) is 0.702. The van der Waals surface area contributed by atoms with Crippen molar-refractivity contribution in [3.05, 3.63) is 23.4 Å². The van der Waals surface area contributed by atoms with Crippen molar-refractivity contribution in [3.63, 3.8) is 0 Å². The molecular weight excluding hydrogens is 208 g/mol. The van der Waals surface area contributed by atoms with Crippen LogP contribution in [0.4, 0.5) is 8.78 Å². The van der Waals surface area contributed by atoms with E-state index in [0.29, 0.717) is 6.29 Å². The van der Waals surface area contributed by atoms with Crippen molar-refractivity contribution in [1.29, 1.82) is 0 Å². The van der Waals surface area contributed by atoms with Crippen LogP contribution in [0.25, 0.3) is 0 Å². The van der Waals surface area contributed by atoms with Gasteiger partial charge in [0, 0.05) is 6.20 Å². The number of hydrogen-bond acceptors (Lipinski definition) is 3. The largest absolute Gasteiger partial charge is 0.478 e. The molecule has 0 atom stereocenters. The number of halogens is 2. The molecule has 0 bridgehead atoms. The maximum atomic E-state index is 11.7. The summed E-state index contributed by atoms with van der Waals surface area (Å²) < 4.78 is 23.4. The first kappa shape index (κ1) is 13.3. The summed E-state index contributed by atoms with van der Waals surface area (Å²) in [5, 5.41) is 10.8. The minimum atomic E-state index is -2.56. The molecule has 0 unspecified atom stereocenters. The molecule has 0 heterocycles. The first-order chi connectivity index (χ1) is 6.97. The highest BCUT2D eigenvalue weighted by Crippen LogP contribution is 2.00. The summed E-state index contributed by atoms with van der Waals surface area (Å²) in [5.74, 6) is -1.29. The molecule has 0 saturated carbocycles. The highest BCUT2D eigenvalue weighted by molar-refractivity contribution is 5.91. The predicted molar refractivity (Wildman–Crippen MR) is 49.5 cm³/mol. The number of allylic oxidation sites excluding steroid dienone is 1. The number of carbonyl (C=O) groups excluding carboxylic acids is 1. The molecular formula is C9H11F2NO3. The first-order valence-electron chi connectivity index (χ1n) is 4.06. The molecule has 15 heavy (non-hydrogen) atoms. The zero-order chi connectivity index (χ0) is 11.8. The van der Waals surface area contributed by atoms with Gasteiger partial charge in [0.25, 0.3) is 6.43 Å². The molecule has 84 valence electrons. The minimum absolute atomic E-state index is 0.197. The monoisotopic (exact) mass is 219 g/mol. The molecule has 0 aliphatic heterocycles. The van der Waals surface area contributed by atoms with Crippen LogP contribution in [-0.2, 0) is 9.59 Å². The van der Waals surface area contributed by atoms with Gasteiger partial charge in [0.05, 0.1) is 12.1 Å². The second kappa shape index (κ2) is 6.69. The Morgan fingerprint density at radius 1 is 1.53 bits per heavy atom. The Balaban J connectivity index is 4.53. The van der Waals surface area contributed by atoms with Crippen molar-refractivity contribution in [2.24, 2.45) is 0 Å². The molecule has 0 aromatic rings. The van der Waals surface area contributed by atoms with E-state index in [0.717, 1.165) is 12.3 Å². The second-order valence-electron chi connectivity index (χ2n) is 2.71. The summed E-state index contributed by atoms with van der Waals surface area (Å²) in [6.45, 7) is 0.779. The number of carboxylic acid groups (broad SMARTS) is 1. The van der Waals surface area contributed by atoms with Gasteiger partial charge in [0.15, 0.2) is 0 Å². The summed E-state index contributed by atoms with van der Waals surface area (Å²) in [7, 11) is 0. The molecule has 0 fully saturated rings. The van der Waals surface area contributed by atoms with Crippen molar-refractivity contribution >= 4 is 12.3 Å². The molecule has 0 aliphatic rings. The lowest BCUT2D eigenvalue weighted by atomic mass is 10.2. The summed E-state index contributed by atoms with van der Waals surface area (Å²) in [6.07, 6.45) is -0.0634. The van der Waals surface area contributed by atoms with Crippen LogP contribution in [0.5, 0.6) is 0 Å². The fraction of sp³-hybridized carbons (Fsp3) is 0.333. The van der Waals surface area contributed by atoms with Gasteiger partial charge in [-0.05, 0) is 18.6 Å². The number of rotatable bonds is 6. The van der Waals surface area contributed by atoms with E-state index in [4.69, 9.17) is 5.11 Å². The van der Waals surface area contributed by atoms with Gasteiger partial charge in [0.1, 0.15) is 6.29 Å². The van der Waals surface area contributed by atoms with E-state index in [1.165, 1.54) is 6.92 Å². The molecule has 2 N–H and O–H groups in total. The smallest absolute Gasteiger partial charge is 0.337 e. The van der Waals surface area contributed by atoms with Crippen LogP contribution in [0.15, 0.2) is 23.4 Å². The Labute approximate surface area is 85.3 Å². The van der Waals surface area contributed by atoms with E-state index in [1.54, 1.807) is 0 Å². The van der Waals surface area contributed by atoms with E-state index >= 15 is 0 Å². The van der Waals surface area contributed by atoms with Crippen molar-refractivity contribution in [1.82, 2.24) is 5.32 Å². The van der Waals surface area contributed by atoms with Crippen molar-refractivity contribution in [3.8, 4) is 0 Å². The first-order valence-corrected chi connectivity index (χ1v) is 4.06. The third kappa shape index (κ3) is 6.36. The SMILES string of the molecule is CC(C=O)=CC(=CNCC(F)F)C(=O)O. The van der Waals surface area contributed by atoms with Crippen LogP contribution in [0.2, 0.25) is 0 Å². The Morgan fingerprint density at radius 2 is 2.13 bits per heavy atom. The minimum Gasteiger partial charge on any atom is -0.478 e. The Morgan fingerprint density at radius 3 is 2.53 bits per heavy atom. The third-order valence-electron chi connectivity index (χ3n) is 1.35. The van der Waals surface area contributed by atoms with Crippen LogP contribution in [-0.4, -0.2) is 30.3 Å². The average Bonchev–Trinajstić information content (AvgIpc) is 2.15. The topological polar surface area (TPSA) is 66.4 Å². The number of carbonyl (C=O) groups is 2. The van der Waals surface area contributed by atoms with Gasteiger partial charge >= 0.3 is 5.97 Å². The van der Waals surface area contributed by atoms with E-state index in [1.807, 2.05) is 0 Å². The molecule has 0 aromatic carbocycles. The molecule has 0 saturated heterocycles. The zero-order valence-corrected chi connectivity index (χ0v) is 8.04. The van der Waals surface area contributed by atoms with Crippen LogP contribution >= 0.6 is 0 Å². The van der Waals surface area contributed by atoms with Crippen LogP contribution in [0.3, 0.4) is 0 Å². The molecule has 6 heteroatoms. The maximum Gasteiger partial charge on any atom is 0.337 e. The highest BCUT2D eigenvalue weighted by atomic mass is 19.3. The number of alkyl halides is 2. The van der Waals surface area contributed by atoms with E-state index in [2.05, 4.69) is 5.32 Å². The van der Waals surface area contributed by atoms with Gasteiger partial charge in [-0.25, -0.2) is 13.6 Å². The predicted octanol–water partition coefficient (Wildman–Crippen LogP) is 0.955. The lowest BCUT2D eigenvalue weighted by Gasteiger charge is -2.00. The molecule has 0 amide bonds. The molecule has 0 spiro atoms. The van der Waals surface area contributed by atoms with Gasteiger partial charge in [-0.2, -0.15) is 0 Å². The van der Waals surface area contributed by atoms with Crippen LogP contribution < -0.4 is 5.32 Å². The van der Waals surface area contributed by atoms with Crippen LogP contribution in [0.1, 0.15) is 6.92 Å². The number of aliphatic carboxylic acids is 1. The third-order valence-corrected chi connectivity index (χ3v) is 1.35. The lowest BCUT2D eigenvalue weighted by Crippen LogP contribution is -2.17. The van der Waals surface area contributed by atoms with E-state index in [-0.39, 0.29) is 11.1 Å². The molecule has 0 aliphatic carbocycles. The van der Waals surface area contributed by atoms with E-state index < -0.39 is 18.9 Å². The van der Waals surface area contributed by atoms with Gasteiger partial charge < -0.3 is 10.4 Å². The zero-order valence-electron chi connectivity index (χ0n) is 8.04. The average molecular weight is 219 g/mol. The molecule has 0 radical (unpaired) electrons. The van der Waals surface area contributed by atoms with Crippen molar-refractivity contribution in [2.75, 3.05) is 6.54 Å². The maximum absolute atomic E-state index is 11.7. The van der Waals surface area contributed by atoms with Gasteiger partial charge in [0.2, 0.25) is 0 Å². The molecule has 0 rings (SSSR count). The van der Waals surface area contributed by atoms with Crippen molar-refractivity contribution < 1.29 is 23.5 Å². The Kier molecular flexibility index (Phi) is 5.92. The quantitative estimate of drug-likeness (QED) is 0.396. The Bertz CT molecular complexity index is 298. The number of aldehydes is 1. The van der Waals surface area contributed by atoms with Crippen molar-refractivity contribution in [2.45, 2.75) is 13.3 Å². The summed E-state index contributed by atoms with van der Waals surface area (Å²) in [4.78, 5) is 20.8. The normalized spacial score (nSPS) is 12.8. The highest BCUT2D eigenvalue weighted by Gasteiger charge is 2.05. The summed E-state index contributed by atoms with van der Waals surface area (Å²) in [5.41, 5.74) is -0.0530. The number of nitrogens with one attached hydrogen (secondary N) is 1. The van der Waals surface area contributed by atoms with Crippen LogP contribution in [0, 0.1) is 0 Å². The summed E-state index contributed by atoms with van der Waals surface area (Å²) in [6, 6.07) is 0. The molecule has 0 aromatic heterocycles. The lowest BCUT2D eigenvalue weighted by molar-refractivity contribution is -0.132. The standard InChI is InChI=1S/C9H11F2NO3/c1-6(5-13)2-7(9(14)15)3-12-4-8(10)11/h2-3,5,8,12H,4H2,1H3,(H,14,15). The summed E-state index contributed by atoms with van der Waals surface area (Å²) >= 11 is 0. The number of carboxylic acids is 1. The van der Waals surface area contributed by atoms with Gasteiger partial charge in [-0.1, -0.05) is 0 Å².